The standard InChI is InChI=1S/C19H17N5OS2/c1-13-21-17(12-26-13)18-8-7-15(27-18)9-20-19(25)16-11-24(23-22-16)10-14-5-3-2-4-6-14/h2-8,11-12H,9-10H2,1H3,(H,20,25). The summed E-state index contributed by atoms with van der Waals surface area (Å²) < 4.78 is 1.66. The molecule has 0 bridgehead atoms. The van der Waals surface area contributed by atoms with Gasteiger partial charge in [0.15, 0.2) is 5.69 Å². The zero-order chi connectivity index (χ0) is 18.6. The Labute approximate surface area is 164 Å². The van der Waals surface area contributed by atoms with Gasteiger partial charge in [-0.15, -0.1) is 27.8 Å². The van der Waals surface area contributed by atoms with Gasteiger partial charge in [-0.2, -0.15) is 0 Å². The van der Waals surface area contributed by atoms with Gasteiger partial charge >= 0.3 is 0 Å². The molecule has 4 rings (SSSR count). The zero-order valence-electron chi connectivity index (χ0n) is 14.6. The van der Waals surface area contributed by atoms with Gasteiger partial charge < -0.3 is 5.32 Å². The van der Waals surface area contributed by atoms with Crippen molar-refractivity contribution in [2.45, 2.75) is 20.0 Å². The van der Waals surface area contributed by atoms with Crippen LogP contribution in [-0.4, -0.2) is 25.9 Å². The van der Waals surface area contributed by atoms with Crippen LogP contribution in [0.3, 0.4) is 0 Å². The Kier molecular flexibility index (Phi) is 5.08. The van der Waals surface area contributed by atoms with E-state index in [2.05, 4.69) is 26.0 Å². The van der Waals surface area contributed by atoms with Gasteiger partial charge in [0.05, 0.1) is 34.9 Å². The lowest BCUT2D eigenvalue weighted by molar-refractivity contribution is 0.0946. The number of rotatable bonds is 6. The molecule has 0 aliphatic rings. The number of amides is 1. The van der Waals surface area contributed by atoms with Crippen LogP contribution in [0.15, 0.2) is 54.0 Å². The lowest BCUT2D eigenvalue weighted by atomic mass is 10.2. The highest BCUT2D eigenvalue weighted by molar-refractivity contribution is 7.16. The summed E-state index contributed by atoms with van der Waals surface area (Å²) in [5.74, 6) is -0.228. The summed E-state index contributed by atoms with van der Waals surface area (Å²) in [5, 5.41) is 14.0. The average Bonchev–Trinajstić information content (AvgIpc) is 3.41. The monoisotopic (exact) mass is 395 g/mol. The second kappa shape index (κ2) is 7.81. The third kappa shape index (κ3) is 4.29. The molecule has 1 amide bonds. The molecule has 0 unspecified atom stereocenters. The number of nitrogens with zero attached hydrogens (tertiary/aromatic N) is 4. The number of hydrogen-bond donors (Lipinski definition) is 1. The molecule has 0 aliphatic carbocycles. The average molecular weight is 396 g/mol. The molecule has 0 radical (unpaired) electrons. The van der Waals surface area contributed by atoms with Crippen LogP contribution in [0.1, 0.15) is 25.9 Å². The van der Waals surface area contributed by atoms with Gasteiger partial charge in [-0.1, -0.05) is 35.5 Å². The van der Waals surface area contributed by atoms with Crippen molar-refractivity contribution in [1.29, 1.82) is 0 Å². The number of hydrogen-bond acceptors (Lipinski definition) is 6. The Balaban J connectivity index is 1.35. The van der Waals surface area contributed by atoms with Crippen molar-refractivity contribution in [2.75, 3.05) is 0 Å². The van der Waals surface area contributed by atoms with Gasteiger partial charge in [-0.25, -0.2) is 9.67 Å². The highest BCUT2D eigenvalue weighted by atomic mass is 32.1. The molecule has 0 spiro atoms. The minimum atomic E-state index is -0.228. The van der Waals surface area contributed by atoms with Gasteiger partial charge in [-0.05, 0) is 24.6 Å². The lowest BCUT2D eigenvalue weighted by Gasteiger charge is -2.00. The Morgan fingerprint density at radius 1 is 1.19 bits per heavy atom. The molecule has 8 heteroatoms. The van der Waals surface area contributed by atoms with E-state index in [4.69, 9.17) is 0 Å². The van der Waals surface area contributed by atoms with Crippen molar-refractivity contribution >= 4 is 28.6 Å². The third-order valence-corrected chi connectivity index (χ3v) is 5.80. The van der Waals surface area contributed by atoms with Crippen molar-refractivity contribution in [3.05, 3.63) is 75.2 Å². The molecule has 0 fully saturated rings. The second-order valence-electron chi connectivity index (χ2n) is 5.99. The second-order valence-corrected chi connectivity index (χ2v) is 8.22. The van der Waals surface area contributed by atoms with Crippen LogP contribution >= 0.6 is 22.7 Å². The third-order valence-electron chi connectivity index (χ3n) is 3.91. The minimum absolute atomic E-state index is 0.228. The predicted octanol–water partition coefficient (Wildman–Crippen LogP) is 3.75. The topological polar surface area (TPSA) is 72.7 Å². The zero-order valence-corrected chi connectivity index (χ0v) is 16.3. The van der Waals surface area contributed by atoms with Gasteiger partial charge in [0, 0.05) is 10.3 Å². The van der Waals surface area contributed by atoms with E-state index in [1.807, 2.05) is 49.4 Å². The van der Waals surface area contributed by atoms with E-state index in [-0.39, 0.29) is 5.91 Å². The molecule has 3 aromatic heterocycles. The number of thiazole rings is 1. The molecule has 6 nitrogen and oxygen atoms in total. The fourth-order valence-corrected chi connectivity index (χ4v) is 4.19. The summed E-state index contributed by atoms with van der Waals surface area (Å²) in [7, 11) is 0. The maximum Gasteiger partial charge on any atom is 0.273 e. The maximum atomic E-state index is 12.3. The Hall–Kier alpha value is -2.84. The van der Waals surface area contributed by atoms with E-state index in [9.17, 15) is 4.79 Å². The molecule has 1 aromatic carbocycles. The Morgan fingerprint density at radius 3 is 2.81 bits per heavy atom. The van der Waals surface area contributed by atoms with Crippen molar-refractivity contribution in [3.63, 3.8) is 0 Å². The first-order chi connectivity index (χ1) is 13.2. The van der Waals surface area contributed by atoms with Crippen LogP contribution < -0.4 is 5.32 Å². The molecule has 136 valence electrons. The molecule has 0 aliphatic heterocycles. The van der Waals surface area contributed by atoms with Crippen LogP contribution in [0.5, 0.6) is 0 Å². The minimum Gasteiger partial charge on any atom is -0.346 e. The fourth-order valence-electron chi connectivity index (χ4n) is 2.60. The summed E-state index contributed by atoms with van der Waals surface area (Å²) >= 11 is 3.27. The number of benzene rings is 1. The van der Waals surface area contributed by atoms with E-state index in [0.717, 1.165) is 26.0 Å². The smallest absolute Gasteiger partial charge is 0.273 e. The van der Waals surface area contributed by atoms with Gasteiger partial charge in [0.1, 0.15) is 0 Å². The van der Waals surface area contributed by atoms with Gasteiger partial charge in [0.25, 0.3) is 5.91 Å². The normalized spacial score (nSPS) is 10.9. The van der Waals surface area contributed by atoms with E-state index in [1.54, 1.807) is 33.6 Å². The highest BCUT2D eigenvalue weighted by Gasteiger charge is 2.12. The molecule has 3 heterocycles. The quantitative estimate of drug-likeness (QED) is 0.540. The summed E-state index contributed by atoms with van der Waals surface area (Å²) in [6.07, 6.45) is 1.67. The van der Waals surface area contributed by atoms with Crippen molar-refractivity contribution < 1.29 is 4.79 Å². The van der Waals surface area contributed by atoms with Gasteiger partial charge in [-0.3, -0.25) is 4.79 Å². The van der Waals surface area contributed by atoms with E-state index >= 15 is 0 Å². The summed E-state index contributed by atoms with van der Waals surface area (Å²) in [5.41, 5.74) is 2.42. The lowest BCUT2D eigenvalue weighted by Crippen LogP contribution is -2.22. The number of aryl methyl sites for hydroxylation is 1. The summed E-state index contributed by atoms with van der Waals surface area (Å²) in [4.78, 5) is 19.0. The SMILES string of the molecule is Cc1nc(-c2ccc(CNC(=O)c3cn(Cc4ccccc4)nn3)s2)cs1. The van der Waals surface area contributed by atoms with E-state index in [1.165, 1.54) is 0 Å². The van der Waals surface area contributed by atoms with Crippen LogP contribution in [0.2, 0.25) is 0 Å². The molecule has 0 saturated carbocycles. The van der Waals surface area contributed by atoms with Crippen molar-refractivity contribution in [1.82, 2.24) is 25.3 Å². The van der Waals surface area contributed by atoms with E-state index < -0.39 is 0 Å². The fraction of sp³-hybridized carbons (Fsp3) is 0.158. The first kappa shape index (κ1) is 17.6. The van der Waals surface area contributed by atoms with Crippen LogP contribution in [0.25, 0.3) is 10.6 Å². The number of thiophene rings is 1. The summed E-state index contributed by atoms with van der Waals surface area (Å²) in [6, 6.07) is 14.0. The first-order valence-electron chi connectivity index (χ1n) is 8.41. The Morgan fingerprint density at radius 2 is 2.04 bits per heavy atom. The molecule has 27 heavy (non-hydrogen) atoms. The molecule has 0 saturated heterocycles. The molecule has 4 aromatic rings. The predicted molar refractivity (Wildman–Crippen MR) is 107 cm³/mol. The number of nitrogens with one attached hydrogen (secondary N) is 1. The van der Waals surface area contributed by atoms with Crippen LogP contribution in [0, 0.1) is 6.92 Å². The van der Waals surface area contributed by atoms with Crippen LogP contribution in [0.4, 0.5) is 0 Å². The number of aromatic nitrogens is 4. The number of carbonyl (C=O) groups is 1. The molecule has 1 N–H and O–H groups in total. The summed E-state index contributed by atoms with van der Waals surface area (Å²) in [6.45, 7) is 3.04. The first-order valence-corrected chi connectivity index (χ1v) is 10.1. The molecule has 0 atom stereocenters. The molecular formula is C19H17N5OS2. The van der Waals surface area contributed by atoms with Crippen LogP contribution in [-0.2, 0) is 13.1 Å². The van der Waals surface area contributed by atoms with Crippen molar-refractivity contribution in [3.8, 4) is 10.6 Å². The number of carbonyl (C=O) groups excluding carboxylic acids is 1. The Bertz CT molecular complexity index is 1050. The van der Waals surface area contributed by atoms with Crippen molar-refractivity contribution in [2.24, 2.45) is 0 Å². The maximum absolute atomic E-state index is 12.3. The molecular weight excluding hydrogens is 378 g/mol. The largest absolute Gasteiger partial charge is 0.346 e. The highest BCUT2D eigenvalue weighted by Crippen LogP contribution is 2.28. The van der Waals surface area contributed by atoms with Gasteiger partial charge in [0.2, 0.25) is 0 Å². The van der Waals surface area contributed by atoms with E-state index in [0.29, 0.717) is 18.8 Å².